The Kier molecular flexibility index (Phi) is 3.04. The fraction of sp³-hybridized carbons (Fsp3) is 0.750. The van der Waals surface area contributed by atoms with E-state index in [9.17, 15) is 14.4 Å². The van der Waals surface area contributed by atoms with Gasteiger partial charge in [0.1, 0.15) is 0 Å². The SMILES string of the molecule is CC1(C)C(C(=O)O)C1C(=O)N1CCNC(=O)CC1. The van der Waals surface area contributed by atoms with Crippen LogP contribution in [0.25, 0.3) is 0 Å². The minimum atomic E-state index is -0.914. The molecule has 18 heavy (non-hydrogen) atoms. The van der Waals surface area contributed by atoms with Crippen LogP contribution in [-0.2, 0) is 14.4 Å². The third-order valence-corrected chi connectivity index (χ3v) is 3.98. The summed E-state index contributed by atoms with van der Waals surface area (Å²) in [6, 6.07) is 0. The summed E-state index contributed by atoms with van der Waals surface area (Å²) < 4.78 is 0. The molecule has 1 saturated carbocycles. The molecule has 0 spiro atoms. The van der Waals surface area contributed by atoms with Gasteiger partial charge in [0.2, 0.25) is 11.8 Å². The summed E-state index contributed by atoms with van der Waals surface area (Å²) in [6.45, 7) is 4.88. The van der Waals surface area contributed by atoms with Gasteiger partial charge in [0.15, 0.2) is 0 Å². The van der Waals surface area contributed by atoms with E-state index in [1.54, 1.807) is 18.7 Å². The van der Waals surface area contributed by atoms with Crippen LogP contribution >= 0.6 is 0 Å². The Labute approximate surface area is 105 Å². The number of carbonyl (C=O) groups excluding carboxylic acids is 2. The quantitative estimate of drug-likeness (QED) is 0.708. The summed E-state index contributed by atoms with van der Waals surface area (Å²) in [7, 11) is 0. The first kappa shape index (κ1) is 12.9. The van der Waals surface area contributed by atoms with Crippen molar-refractivity contribution in [3.05, 3.63) is 0 Å². The Balaban J connectivity index is 2.04. The highest BCUT2D eigenvalue weighted by molar-refractivity contribution is 5.92. The van der Waals surface area contributed by atoms with Crippen LogP contribution in [0.1, 0.15) is 20.3 Å². The van der Waals surface area contributed by atoms with Crippen LogP contribution in [-0.4, -0.2) is 47.4 Å². The molecule has 2 unspecified atom stereocenters. The van der Waals surface area contributed by atoms with E-state index in [1.807, 2.05) is 0 Å². The average molecular weight is 254 g/mol. The molecule has 1 heterocycles. The van der Waals surface area contributed by atoms with Gasteiger partial charge < -0.3 is 15.3 Å². The fourth-order valence-electron chi connectivity index (χ4n) is 2.74. The molecule has 2 aliphatic rings. The Morgan fingerprint density at radius 3 is 2.56 bits per heavy atom. The standard InChI is InChI=1S/C12H18N2O4/c1-12(2)8(9(12)11(17)18)10(16)14-5-3-7(15)13-4-6-14/h8-9H,3-6H2,1-2H3,(H,13,15)(H,17,18). The van der Waals surface area contributed by atoms with Gasteiger partial charge in [0.25, 0.3) is 0 Å². The van der Waals surface area contributed by atoms with Crippen molar-refractivity contribution in [3.63, 3.8) is 0 Å². The maximum absolute atomic E-state index is 12.3. The minimum Gasteiger partial charge on any atom is -0.481 e. The van der Waals surface area contributed by atoms with Gasteiger partial charge in [-0.3, -0.25) is 14.4 Å². The van der Waals surface area contributed by atoms with Crippen molar-refractivity contribution < 1.29 is 19.5 Å². The molecule has 100 valence electrons. The van der Waals surface area contributed by atoms with E-state index in [-0.39, 0.29) is 18.2 Å². The molecule has 1 aliphatic heterocycles. The molecule has 6 heteroatoms. The zero-order valence-corrected chi connectivity index (χ0v) is 10.6. The van der Waals surface area contributed by atoms with Crippen LogP contribution in [0.5, 0.6) is 0 Å². The molecule has 1 saturated heterocycles. The van der Waals surface area contributed by atoms with E-state index in [2.05, 4.69) is 5.32 Å². The van der Waals surface area contributed by atoms with Crippen molar-refractivity contribution in [2.75, 3.05) is 19.6 Å². The molecule has 0 aromatic rings. The van der Waals surface area contributed by atoms with Crippen molar-refractivity contribution in [3.8, 4) is 0 Å². The van der Waals surface area contributed by atoms with Crippen LogP contribution in [0.2, 0.25) is 0 Å². The molecule has 2 N–H and O–H groups in total. The Morgan fingerprint density at radius 2 is 2.00 bits per heavy atom. The maximum Gasteiger partial charge on any atom is 0.307 e. The number of nitrogens with one attached hydrogen (secondary N) is 1. The molecule has 0 aromatic heterocycles. The first-order valence-corrected chi connectivity index (χ1v) is 6.14. The highest BCUT2D eigenvalue weighted by atomic mass is 16.4. The topological polar surface area (TPSA) is 86.7 Å². The fourth-order valence-corrected chi connectivity index (χ4v) is 2.74. The van der Waals surface area contributed by atoms with Crippen molar-refractivity contribution in [1.29, 1.82) is 0 Å². The van der Waals surface area contributed by atoms with E-state index >= 15 is 0 Å². The summed E-state index contributed by atoms with van der Waals surface area (Å²) in [6.07, 6.45) is 0.288. The van der Waals surface area contributed by atoms with Gasteiger partial charge in [-0.25, -0.2) is 0 Å². The highest BCUT2D eigenvalue weighted by Gasteiger charge is 2.66. The number of carbonyl (C=O) groups is 3. The monoisotopic (exact) mass is 254 g/mol. The second-order valence-electron chi connectivity index (χ2n) is 5.54. The lowest BCUT2D eigenvalue weighted by Crippen LogP contribution is -2.36. The summed E-state index contributed by atoms with van der Waals surface area (Å²) >= 11 is 0. The van der Waals surface area contributed by atoms with Gasteiger partial charge >= 0.3 is 5.97 Å². The first-order chi connectivity index (χ1) is 8.35. The lowest BCUT2D eigenvalue weighted by atomic mass is 10.1. The van der Waals surface area contributed by atoms with E-state index in [1.165, 1.54) is 0 Å². The number of hydrogen-bond acceptors (Lipinski definition) is 3. The van der Waals surface area contributed by atoms with E-state index in [0.29, 0.717) is 19.6 Å². The number of hydrogen-bond donors (Lipinski definition) is 2. The van der Waals surface area contributed by atoms with Gasteiger partial charge in [-0.05, 0) is 5.41 Å². The third kappa shape index (κ3) is 2.07. The third-order valence-electron chi connectivity index (χ3n) is 3.98. The van der Waals surface area contributed by atoms with E-state index < -0.39 is 23.2 Å². The smallest absolute Gasteiger partial charge is 0.307 e. The second-order valence-corrected chi connectivity index (χ2v) is 5.54. The molecular weight excluding hydrogens is 236 g/mol. The molecule has 2 rings (SSSR count). The minimum absolute atomic E-state index is 0.0601. The van der Waals surface area contributed by atoms with Gasteiger partial charge in [-0.2, -0.15) is 0 Å². The summed E-state index contributed by atoms with van der Waals surface area (Å²) in [5.41, 5.74) is -0.480. The van der Waals surface area contributed by atoms with Crippen LogP contribution in [0, 0.1) is 17.3 Å². The Hall–Kier alpha value is -1.59. The highest BCUT2D eigenvalue weighted by Crippen LogP contribution is 2.59. The molecule has 0 bridgehead atoms. The molecule has 6 nitrogen and oxygen atoms in total. The van der Waals surface area contributed by atoms with E-state index in [0.717, 1.165) is 0 Å². The van der Waals surface area contributed by atoms with Crippen molar-refractivity contribution in [2.45, 2.75) is 20.3 Å². The van der Waals surface area contributed by atoms with Gasteiger partial charge in [0.05, 0.1) is 11.8 Å². The predicted molar refractivity (Wildman–Crippen MR) is 62.6 cm³/mol. The summed E-state index contributed by atoms with van der Waals surface area (Å²) in [5, 5.41) is 11.8. The number of carboxylic acids is 1. The van der Waals surface area contributed by atoms with Crippen LogP contribution in [0.3, 0.4) is 0 Å². The van der Waals surface area contributed by atoms with Crippen LogP contribution < -0.4 is 5.32 Å². The summed E-state index contributed by atoms with van der Waals surface area (Å²) in [4.78, 5) is 36.1. The van der Waals surface area contributed by atoms with Crippen molar-refractivity contribution >= 4 is 17.8 Å². The lowest BCUT2D eigenvalue weighted by molar-refractivity contribution is -0.142. The van der Waals surface area contributed by atoms with E-state index in [4.69, 9.17) is 5.11 Å². The number of aliphatic carboxylic acids is 1. The Morgan fingerprint density at radius 1 is 1.33 bits per heavy atom. The van der Waals surface area contributed by atoms with Gasteiger partial charge in [-0.15, -0.1) is 0 Å². The number of rotatable bonds is 2. The second kappa shape index (κ2) is 4.26. The molecule has 0 aromatic carbocycles. The van der Waals surface area contributed by atoms with Crippen LogP contribution in [0.15, 0.2) is 0 Å². The van der Waals surface area contributed by atoms with Gasteiger partial charge in [-0.1, -0.05) is 13.8 Å². The van der Waals surface area contributed by atoms with Crippen molar-refractivity contribution in [1.82, 2.24) is 10.2 Å². The molecular formula is C12H18N2O4. The Bertz CT molecular complexity index is 405. The number of amides is 2. The summed E-state index contributed by atoms with van der Waals surface area (Å²) in [5.74, 6) is -2.17. The predicted octanol–water partition coefficient (Wildman–Crippen LogP) is -0.308. The molecule has 2 fully saturated rings. The molecule has 2 atom stereocenters. The zero-order chi connectivity index (χ0) is 13.5. The number of nitrogens with zero attached hydrogens (tertiary/aromatic N) is 1. The normalized spacial score (nSPS) is 30.3. The average Bonchev–Trinajstić information content (AvgIpc) is 2.91. The largest absolute Gasteiger partial charge is 0.481 e. The molecule has 0 radical (unpaired) electrons. The number of carboxylic acid groups (broad SMARTS) is 1. The maximum atomic E-state index is 12.3. The molecule has 1 aliphatic carbocycles. The zero-order valence-electron chi connectivity index (χ0n) is 10.6. The van der Waals surface area contributed by atoms with Crippen molar-refractivity contribution in [2.24, 2.45) is 17.3 Å². The van der Waals surface area contributed by atoms with Crippen LogP contribution in [0.4, 0.5) is 0 Å². The molecule has 2 amide bonds. The lowest BCUT2D eigenvalue weighted by Gasteiger charge is -2.20. The van der Waals surface area contributed by atoms with Gasteiger partial charge in [0, 0.05) is 26.1 Å². The first-order valence-electron chi connectivity index (χ1n) is 6.14.